The summed E-state index contributed by atoms with van der Waals surface area (Å²) in [6.07, 6.45) is 3.33. The molecule has 3 rings (SSSR count). The SMILES string of the molecule is COCCn1c(SCC(=O)Nc2ccccc2SC(F)F)nnc1-c1ccncc1. The van der Waals surface area contributed by atoms with Crippen LogP contribution in [0.1, 0.15) is 0 Å². The Morgan fingerprint density at radius 1 is 1.20 bits per heavy atom. The Bertz CT molecular complexity index is 973. The number of nitrogens with one attached hydrogen (secondary N) is 1. The van der Waals surface area contributed by atoms with Crippen molar-refractivity contribution in [2.75, 3.05) is 24.8 Å². The molecule has 1 amide bonds. The summed E-state index contributed by atoms with van der Waals surface area (Å²) < 4.78 is 32.5. The number of anilines is 1. The molecule has 2 heterocycles. The van der Waals surface area contributed by atoms with Gasteiger partial charge in [0.15, 0.2) is 11.0 Å². The lowest BCUT2D eigenvalue weighted by atomic mass is 10.2. The number of carbonyl (C=O) groups is 1. The minimum Gasteiger partial charge on any atom is -0.383 e. The molecule has 0 unspecified atom stereocenters. The van der Waals surface area contributed by atoms with Crippen LogP contribution < -0.4 is 5.32 Å². The number of benzene rings is 1. The second-order valence-corrected chi connectivity index (χ2v) is 7.87. The second-order valence-electron chi connectivity index (χ2n) is 5.90. The van der Waals surface area contributed by atoms with Crippen LogP contribution in [-0.4, -0.2) is 50.9 Å². The first-order chi connectivity index (χ1) is 14.6. The lowest BCUT2D eigenvalue weighted by molar-refractivity contribution is -0.113. The van der Waals surface area contributed by atoms with E-state index in [-0.39, 0.29) is 11.7 Å². The quantitative estimate of drug-likeness (QED) is 0.466. The molecule has 2 aromatic heterocycles. The van der Waals surface area contributed by atoms with E-state index in [0.29, 0.717) is 46.5 Å². The monoisotopic (exact) mass is 451 g/mol. The topological polar surface area (TPSA) is 81.9 Å². The van der Waals surface area contributed by atoms with Crippen LogP contribution in [0, 0.1) is 0 Å². The molecule has 0 aliphatic heterocycles. The summed E-state index contributed by atoms with van der Waals surface area (Å²) >= 11 is 1.60. The minimum absolute atomic E-state index is 0.0507. The lowest BCUT2D eigenvalue weighted by Crippen LogP contribution is -2.15. The van der Waals surface area contributed by atoms with Gasteiger partial charge in [-0.05, 0) is 24.3 Å². The Morgan fingerprint density at radius 3 is 2.70 bits per heavy atom. The van der Waals surface area contributed by atoms with Gasteiger partial charge in [0, 0.05) is 30.0 Å². The van der Waals surface area contributed by atoms with E-state index < -0.39 is 5.76 Å². The first kappa shape index (κ1) is 22.2. The molecule has 0 saturated carbocycles. The zero-order valence-corrected chi connectivity index (χ0v) is 17.6. The first-order valence-corrected chi connectivity index (χ1v) is 10.7. The highest BCUT2D eigenvalue weighted by atomic mass is 32.2. The summed E-state index contributed by atoms with van der Waals surface area (Å²) in [7, 11) is 1.60. The number of pyridine rings is 1. The normalized spacial score (nSPS) is 11.1. The van der Waals surface area contributed by atoms with Crippen LogP contribution in [0.15, 0.2) is 58.8 Å². The Labute approximate surface area is 180 Å². The Kier molecular flexibility index (Phi) is 8.17. The summed E-state index contributed by atoms with van der Waals surface area (Å²) in [4.78, 5) is 16.7. The van der Waals surface area contributed by atoms with E-state index in [4.69, 9.17) is 4.74 Å². The van der Waals surface area contributed by atoms with Crippen molar-refractivity contribution in [1.82, 2.24) is 19.7 Å². The molecular formula is C19H19F2N5O2S2. The van der Waals surface area contributed by atoms with Gasteiger partial charge in [-0.15, -0.1) is 10.2 Å². The number of alkyl halides is 2. The third kappa shape index (κ3) is 6.00. The maximum Gasteiger partial charge on any atom is 0.288 e. The van der Waals surface area contributed by atoms with Crippen molar-refractivity contribution in [3.63, 3.8) is 0 Å². The van der Waals surface area contributed by atoms with Crippen molar-refractivity contribution in [2.24, 2.45) is 0 Å². The van der Waals surface area contributed by atoms with Crippen molar-refractivity contribution in [3.8, 4) is 11.4 Å². The fourth-order valence-corrected chi connectivity index (χ4v) is 3.94. The van der Waals surface area contributed by atoms with E-state index in [2.05, 4.69) is 20.5 Å². The van der Waals surface area contributed by atoms with Crippen LogP contribution in [-0.2, 0) is 16.1 Å². The van der Waals surface area contributed by atoms with E-state index in [1.54, 1.807) is 43.8 Å². The summed E-state index contributed by atoms with van der Waals surface area (Å²) in [5.41, 5.74) is 1.20. The molecule has 0 radical (unpaired) electrons. The Hall–Kier alpha value is -2.50. The van der Waals surface area contributed by atoms with Crippen LogP contribution in [0.25, 0.3) is 11.4 Å². The molecule has 1 aromatic carbocycles. The number of nitrogens with zero attached hydrogens (tertiary/aromatic N) is 4. The number of thioether (sulfide) groups is 2. The molecule has 0 fully saturated rings. The van der Waals surface area contributed by atoms with Crippen molar-refractivity contribution < 1.29 is 18.3 Å². The van der Waals surface area contributed by atoms with E-state index in [9.17, 15) is 13.6 Å². The van der Waals surface area contributed by atoms with Gasteiger partial charge in [0.1, 0.15) is 0 Å². The molecule has 3 aromatic rings. The average Bonchev–Trinajstić information content (AvgIpc) is 3.15. The zero-order valence-electron chi connectivity index (χ0n) is 16.0. The van der Waals surface area contributed by atoms with Gasteiger partial charge in [-0.1, -0.05) is 35.7 Å². The van der Waals surface area contributed by atoms with Crippen molar-refractivity contribution in [1.29, 1.82) is 0 Å². The lowest BCUT2D eigenvalue weighted by Gasteiger charge is -2.11. The number of para-hydroxylation sites is 1. The maximum absolute atomic E-state index is 12.7. The number of rotatable bonds is 10. The Morgan fingerprint density at radius 2 is 1.97 bits per heavy atom. The molecule has 0 atom stereocenters. The van der Waals surface area contributed by atoms with Crippen LogP contribution in [0.3, 0.4) is 0 Å². The smallest absolute Gasteiger partial charge is 0.288 e. The van der Waals surface area contributed by atoms with Gasteiger partial charge >= 0.3 is 0 Å². The largest absolute Gasteiger partial charge is 0.383 e. The summed E-state index contributed by atoms with van der Waals surface area (Å²) in [6.45, 7) is 0.965. The van der Waals surface area contributed by atoms with Crippen LogP contribution in [0.2, 0.25) is 0 Å². The number of ether oxygens (including phenoxy) is 1. The van der Waals surface area contributed by atoms with Gasteiger partial charge in [0.2, 0.25) is 5.91 Å². The minimum atomic E-state index is -2.57. The molecule has 1 N–H and O–H groups in total. The summed E-state index contributed by atoms with van der Waals surface area (Å²) in [6, 6.07) is 10.1. The van der Waals surface area contributed by atoms with E-state index in [1.807, 2.05) is 16.7 Å². The molecule has 0 spiro atoms. The van der Waals surface area contributed by atoms with Crippen LogP contribution >= 0.6 is 23.5 Å². The highest BCUT2D eigenvalue weighted by Gasteiger charge is 2.17. The average molecular weight is 452 g/mol. The highest BCUT2D eigenvalue weighted by molar-refractivity contribution is 8.00. The number of carbonyl (C=O) groups excluding carboxylic acids is 1. The molecule has 0 aliphatic carbocycles. The fourth-order valence-electron chi connectivity index (χ4n) is 2.58. The van der Waals surface area contributed by atoms with Crippen molar-refractivity contribution in [2.45, 2.75) is 22.4 Å². The molecule has 30 heavy (non-hydrogen) atoms. The Balaban J connectivity index is 1.70. The zero-order chi connectivity index (χ0) is 21.3. The molecular weight excluding hydrogens is 432 g/mol. The second kappa shape index (κ2) is 11.0. The predicted octanol–water partition coefficient (Wildman–Crippen LogP) is 4.03. The number of methoxy groups -OCH3 is 1. The summed E-state index contributed by atoms with van der Waals surface area (Å²) in [5, 5.41) is 11.7. The number of amides is 1. The van der Waals surface area contributed by atoms with E-state index in [1.165, 1.54) is 11.8 Å². The molecule has 0 aliphatic rings. The molecule has 0 saturated heterocycles. The highest BCUT2D eigenvalue weighted by Crippen LogP contribution is 2.32. The third-order valence-electron chi connectivity index (χ3n) is 3.88. The number of hydrogen-bond acceptors (Lipinski definition) is 7. The van der Waals surface area contributed by atoms with E-state index in [0.717, 1.165) is 5.56 Å². The van der Waals surface area contributed by atoms with Crippen LogP contribution in [0.5, 0.6) is 0 Å². The van der Waals surface area contributed by atoms with Gasteiger partial charge in [0.05, 0.1) is 24.6 Å². The van der Waals surface area contributed by atoms with Gasteiger partial charge in [-0.3, -0.25) is 14.3 Å². The molecule has 7 nitrogen and oxygen atoms in total. The van der Waals surface area contributed by atoms with Crippen LogP contribution in [0.4, 0.5) is 14.5 Å². The van der Waals surface area contributed by atoms with Crippen molar-refractivity contribution in [3.05, 3.63) is 48.8 Å². The maximum atomic E-state index is 12.7. The summed E-state index contributed by atoms with van der Waals surface area (Å²) in [5.74, 6) is -2.19. The molecule has 11 heteroatoms. The third-order valence-corrected chi connectivity index (χ3v) is 5.64. The first-order valence-electron chi connectivity index (χ1n) is 8.87. The van der Waals surface area contributed by atoms with Gasteiger partial charge in [0.25, 0.3) is 5.76 Å². The standard InChI is InChI=1S/C19H19F2N5O2S2/c1-28-11-10-26-17(13-6-8-22-9-7-13)24-25-19(26)29-12-16(27)23-14-4-2-3-5-15(14)30-18(20)21/h2-9,18H,10-12H2,1H3,(H,23,27). The van der Waals surface area contributed by atoms with Gasteiger partial charge in [-0.25, -0.2) is 0 Å². The number of hydrogen-bond donors (Lipinski definition) is 1. The van der Waals surface area contributed by atoms with Gasteiger partial charge < -0.3 is 10.1 Å². The van der Waals surface area contributed by atoms with Gasteiger partial charge in [-0.2, -0.15) is 8.78 Å². The fraction of sp³-hybridized carbons (Fsp3) is 0.263. The molecule has 158 valence electrons. The number of aromatic nitrogens is 4. The van der Waals surface area contributed by atoms with E-state index >= 15 is 0 Å². The number of halogens is 2. The predicted molar refractivity (Wildman–Crippen MR) is 113 cm³/mol. The molecule has 0 bridgehead atoms. The van der Waals surface area contributed by atoms with Crippen molar-refractivity contribution >= 4 is 35.1 Å².